The quantitative estimate of drug-likeness (QED) is 0.622. The first-order valence-corrected chi connectivity index (χ1v) is 11.4. The van der Waals surface area contributed by atoms with Crippen LogP contribution in [0, 0.1) is 11.8 Å². The van der Waals surface area contributed by atoms with Crippen LogP contribution < -0.4 is 25.4 Å². The number of carbonyl (C=O) groups is 2. The third kappa shape index (κ3) is 5.42. The number of ether oxygens (including phenoxy) is 2. The number of rotatable bonds is 5. The number of carbonyl (C=O) groups excluding carboxylic acids is 2. The van der Waals surface area contributed by atoms with Crippen molar-refractivity contribution >= 4 is 29.9 Å². The van der Waals surface area contributed by atoms with Gasteiger partial charge in [-0.15, -0.1) is 12.4 Å². The maximum Gasteiger partial charge on any atom is 0.237 e. The molecule has 7 nitrogen and oxygen atoms in total. The first kappa shape index (κ1) is 23.4. The highest BCUT2D eigenvalue weighted by Crippen LogP contribution is 2.35. The molecule has 0 bridgehead atoms. The Morgan fingerprint density at radius 2 is 1.70 bits per heavy atom. The molecule has 8 heteroatoms. The van der Waals surface area contributed by atoms with E-state index in [9.17, 15) is 9.59 Å². The van der Waals surface area contributed by atoms with Crippen molar-refractivity contribution in [2.45, 2.75) is 44.7 Å². The van der Waals surface area contributed by atoms with Crippen LogP contribution >= 0.6 is 12.4 Å². The lowest BCUT2D eigenvalue weighted by molar-refractivity contribution is -0.124. The van der Waals surface area contributed by atoms with Crippen molar-refractivity contribution in [3.05, 3.63) is 53.6 Å². The van der Waals surface area contributed by atoms with Crippen LogP contribution in [0.4, 0.5) is 5.69 Å². The minimum Gasteiger partial charge on any atom is -0.454 e. The summed E-state index contributed by atoms with van der Waals surface area (Å²) in [6, 6.07) is 13.6. The number of fused-ring (bicyclic) bond motifs is 2. The van der Waals surface area contributed by atoms with E-state index in [0.717, 1.165) is 44.3 Å². The molecule has 1 fully saturated rings. The molecule has 1 atom stereocenters. The molecular weight excluding hydrogens is 442 g/mol. The number of hydrogen-bond acceptors (Lipinski definition) is 5. The third-order valence-electron chi connectivity index (χ3n) is 6.82. The lowest BCUT2D eigenvalue weighted by Crippen LogP contribution is -2.48. The van der Waals surface area contributed by atoms with Crippen LogP contribution in [0.15, 0.2) is 42.5 Å². The second-order valence-corrected chi connectivity index (χ2v) is 8.93. The van der Waals surface area contributed by atoms with E-state index < -0.39 is 0 Å². The fraction of sp³-hybridized carbons (Fsp3) is 0.440. The number of anilines is 1. The second kappa shape index (κ2) is 10.4. The first-order valence-electron chi connectivity index (χ1n) is 11.4. The molecule has 0 radical (unpaired) electrons. The average Bonchev–Trinajstić information content (AvgIpc) is 3.30. The molecule has 0 unspecified atom stereocenters. The molecule has 2 aromatic rings. The van der Waals surface area contributed by atoms with E-state index in [1.165, 1.54) is 11.1 Å². The smallest absolute Gasteiger partial charge is 0.237 e. The van der Waals surface area contributed by atoms with Crippen LogP contribution in [0.5, 0.6) is 11.5 Å². The third-order valence-corrected chi connectivity index (χ3v) is 6.82. The molecular formula is C25H30ClN3O4. The molecule has 0 spiro atoms. The van der Waals surface area contributed by atoms with Crippen LogP contribution in [0.1, 0.15) is 36.8 Å². The Kier molecular flexibility index (Phi) is 7.40. The van der Waals surface area contributed by atoms with Crippen LogP contribution in [0.25, 0.3) is 0 Å². The molecule has 176 valence electrons. The molecule has 3 N–H and O–H groups in total. The van der Waals surface area contributed by atoms with Crippen molar-refractivity contribution in [1.29, 1.82) is 0 Å². The monoisotopic (exact) mass is 471 g/mol. The van der Waals surface area contributed by atoms with Gasteiger partial charge in [-0.25, -0.2) is 0 Å². The van der Waals surface area contributed by atoms with Gasteiger partial charge in [-0.1, -0.05) is 24.3 Å². The molecule has 1 aliphatic carbocycles. The zero-order chi connectivity index (χ0) is 21.9. The Labute approximate surface area is 200 Å². The lowest BCUT2D eigenvalue weighted by Gasteiger charge is -2.29. The topological polar surface area (TPSA) is 88.7 Å². The van der Waals surface area contributed by atoms with Crippen molar-refractivity contribution < 1.29 is 19.1 Å². The van der Waals surface area contributed by atoms with E-state index in [0.29, 0.717) is 24.0 Å². The molecule has 2 aromatic carbocycles. The summed E-state index contributed by atoms with van der Waals surface area (Å²) >= 11 is 0. The van der Waals surface area contributed by atoms with Crippen molar-refractivity contribution in [2.24, 2.45) is 11.8 Å². The number of halogens is 1. The highest BCUT2D eigenvalue weighted by molar-refractivity contribution is 5.93. The molecule has 2 amide bonds. The number of amides is 2. The zero-order valence-electron chi connectivity index (χ0n) is 18.5. The van der Waals surface area contributed by atoms with Gasteiger partial charge in [-0.05, 0) is 61.3 Å². The number of nitrogens with one attached hydrogen (secondary N) is 3. The normalized spacial score (nSPS) is 23.1. The average molecular weight is 472 g/mol. The summed E-state index contributed by atoms with van der Waals surface area (Å²) < 4.78 is 10.7. The SMILES string of the molecule is Cl.O=C(Nc1ccc2c(c1)OCO2)C1CCC(CNC(=O)[C@@H]2Cc3ccccc3CN2)CC1. The molecule has 5 rings (SSSR count). The molecule has 0 saturated heterocycles. The Morgan fingerprint density at radius 3 is 2.52 bits per heavy atom. The Bertz CT molecular complexity index is 1010. The fourth-order valence-electron chi connectivity index (χ4n) is 4.86. The van der Waals surface area contributed by atoms with Gasteiger partial charge >= 0.3 is 0 Å². The van der Waals surface area contributed by atoms with Gasteiger partial charge in [0.25, 0.3) is 0 Å². The van der Waals surface area contributed by atoms with Crippen molar-refractivity contribution in [2.75, 3.05) is 18.7 Å². The highest BCUT2D eigenvalue weighted by atomic mass is 35.5. The Balaban J connectivity index is 0.00000259. The van der Waals surface area contributed by atoms with Crippen molar-refractivity contribution in [3.8, 4) is 11.5 Å². The summed E-state index contributed by atoms with van der Waals surface area (Å²) in [7, 11) is 0. The van der Waals surface area contributed by atoms with Gasteiger partial charge in [0.2, 0.25) is 18.6 Å². The summed E-state index contributed by atoms with van der Waals surface area (Å²) in [6.45, 7) is 1.63. The fourth-order valence-corrected chi connectivity index (χ4v) is 4.86. The lowest BCUT2D eigenvalue weighted by atomic mass is 9.81. The standard InChI is InChI=1S/C25H29N3O4.ClH/c29-24(28-20-9-10-22-23(12-20)32-15-31-22)17-7-5-16(6-8-17)13-27-25(30)21-11-18-3-1-2-4-19(18)14-26-21;/h1-4,9-10,12,16-17,21,26H,5-8,11,13-15H2,(H,27,30)(H,28,29);1H/t16?,17?,21-;/m0./s1. The van der Waals surface area contributed by atoms with Crippen LogP contribution in [0.3, 0.4) is 0 Å². The van der Waals surface area contributed by atoms with E-state index in [1.54, 1.807) is 6.07 Å². The first-order chi connectivity index (χ1) is 15.7. The highest BCUT2D eigenvalue weighted by Gasteiger charge is 2.28. The second-order valence-electron chi connectivity index (χ2n) is 8.93. The van der Waals surface area contributed by atoms with Gasteiger partial charge in [0.15, 0.2) is 11.5 Å². The molecule has 3 aliphatic rings. The van der Waals surface area contributed by atoms with Gasteiger partial charge in [0.1, 0.15) is 0 Å². The van der Waals surface area contributed by atoms with E-state index in [1.807, 2.05) is 24.3 Å². The Hall–Kier alpha value is -2.77. The molecule has 1 saturated carbocycles. The largest absolute Gasteiger partial charge is 0.454 e. The van der Waals surface area contributed by atoms with Gasteiger partial charge in [-0.2, -0.15) is 0 Å². The van der Waals surface area contributed by atoms with Gasteiger partial charge in [0.05, 0.1) is 6.04 Å². The summed E-state index contributed by atoms with van der Waals surface area (Å²) in [5, 5.41) is 9.48. The van der Waals surface area contributed by atoms with E-state index in [4.69, 9.17) is 9.47 Å². The summed E-state index contributed by atoms with van der Waals surface area (Å²) in [5.74, 6) is 1.92. The van der Waals surface area contributed by atoms with E-state index >= 15 is 0 Å². The number of benzene rings is 2. The van der Waals surface area contributed by atoms with Crippen LogP contribution in [-0.4, -0.2) is 31.2 Å². The van der Waals surface area contributed by atoms with Crippen molar-refractivity contribution in [1.82, 2.24) is 10.6 Å². The maximum atomic E-state index is 12.7. The van der Waals surface area contributed by atoms with E-state index in [-0.39, 0.29) is 43.0 Å². The maximum absolute atomic E-state index is 12.7. The Morgan fingerprint density at radius 1 is 0.939 bits per heavy atom. The summed E-state index contributed by atoms with van der Waals surface area (Å²) in [5.41, 5.74) is 3.25. The molecule has 0 aromatic heterocycles. The van der Waals surface area contributed by atoms with Gasteiger partial charge < -0.3 is 25.4 Å². The summed E-state index contributed by atoms with van der Waals surface area (Å²) in [4.78, 5) is 25.3. The minimum atomic E-state index is -0.172. The number of hydrogen-bond donors (Lipinski definition) is 3. The van der Waals surface area contributed by atoms with E-state index in [2.05, 4.69) is 28.1 Å². The van der Waals surface area contributed by atoms with Crippen molar-refractivity contribution in [3.63, 3.8) is 0 Å². The summed E-state index contributed by atoms with van der Waals surface area (Å²) in [6.07, 6.45) is 4.30. The van der Waals surface area contributed by atoms with Gasteiger partial charge in [-0.3, -0.25) is 9.59 Å². The van der Waals surface area contributed by atoms with Gasteiger partial charge in [0, 0.05) is 30.8 Å². The van der Waals surface area contributed by atoms with Crippen LogP contribution in [-0.2, 0) is 22.6 Å². The minimum absolute atomic E-state index is 0. The predicted octanol–water partition coefficient (Wildman–Crippen LogP) is 3.41. The molecule has 33 heavy (non-hydrogen) atoms. The zero-order valence-corrected chi connectivity index (χ0v) is 19.3. The molecule has 2 heterocycles. The molecule has 2 aliphatic heterocycles. The van der Waals surface area contributed by atoms with Crippen LogP contribution in [0.2, 0.25) is 0 Å². The predicted molar refractivity (Wildman–Crippen MR) is 128 cm³/mol.